The van der Waals surface area contributed by atoms with Crippen LogP contribution in [0.5, 0.6) is 0 Å². The molecule has 118 valence electrons. The van der Waals surface area contributed by atoms with Gasteiger partial charge in [0.1, 0.15) is 5.82 Å². The number of amides is 1. The zero-order valence-corrected chi connectivity index (χ0v) is 14.0. The van der Waals surface area contributed by atoms with Gasteiger partial charge in [0.25, 0.3) is 15.0 Å². The first kappa shape index (κ1) is 17.9. The Bertz CT molecular complexity index is 642. The first-order chi connectivity index (χ1) is 9.45. The van der Waals surface area contributed by atoms with Gasteiger partial charge in [0, 0.05) is 17.2 Å². The Balaban J connectivity index is 2.98. The molecular formula is C14H19ClFNO3S. The average Bonchev–Trinajstić information content (AvgIpc) is 2.35. The highest BCUT2D eigenvalue weighted by Crippen LogP contribution is 2.25. The number of carbonyl (C=O) groups excluding carboxylic acids is 1. The first-order valence-corrected chi connectivity index (χ1v) is 8.78. The SMILES string of the molecule is CC(C)C(C)(C)CNC(=O)c1cc(S(=O)(=O)Cl)ccc1F. The molecule has 1 amide bonds. The lowest BCUT2D eigenvalue weighted by atomic mass is 9.81. The molecule has 0 saturated heterocycles. The Kier molecular flexibility index (Phi) is 5.39. The molecule has 1 rings (SSSR count). The van der Waals surface area contributed by atoms with Gasteiger partial charge in [-0.15, -0.1) is 0 Å². The van der Waals surface area contributed by atoms with Crippen molar-refractivity contribution in [1.82, 2.24) is 5.32 Å². The van der Waals surface area contributed by atoms with Crippen LogP contribution in [0.15, 0.2) is 23.1 Å². The number of benzene rings is 1. The molecule has 0 atom stereocenters. The fourth-order valence-corrected chi connectivity index (χ4v) is 2.21. The van der Waals surface area contributed by atoms with Gasteiger partial charge in [0.15, 0.2) is 0 Å². The van der Waals surface area contributed by atoms with Gasteiger partial charge in [0.2, 0.25) is 0 Å². The van der Waals surface area contributed by atoms with Crippen LogP contribution < -0.4 is 5.32 Å². The van der Waals surface area contributed by atoms with Crippen molar-refractivity contribution < 1.29 is 17.6 Å². The summed E-state index contributed by atoms with van der Waals surface area (Å²) in [6.07, 6.45) is 0. The molecule has 1 aromatic carbocycles. The number of rotatable bonds is 5. The predicted octanol–water partition coefficient (Wildman–Crippen LogP) is 3.17. The normalized spacial score (nSPS) is 12.5. The fraction of sp³-hybridized carbons (Fsp3) is 0.500. The van der Waals surface area contributed by atoms with Crippen LogP contribution in [0.4, 0.5) is 4.39 Å². The third-order valence-corrected chi connectivity index (χ3v) is 5.08. The minimum Gasteiger partial charge on any atom is -0.351 e. The highest BCUT2D eigenvalue weighted by atomic mass is 35.7. The Hall–Kier alpha value is -1.14. The summed E-state index contributed by atoms with van der Waals surface area (Å²) < 4.78 is 36.2. The predicted molar refractivity (Wildman–Crippen MR) is 80.4 cm³/mol. The van der Waals surface area contributed by atoms with Gasteiger partial charge in [-0.2, -0.15) is 0 Å². The van der Waals surface area contributed by atoms with E-state index in [1.54, 1.807) is 0 Å². The Morgan fingerprint density at radius 1 is 1.38 bits per heavy atom. The second kappa shape index (κ2) is 6.32. The lowest BCUT2D eigenvalue weighted by Crippen LogP contribution is -2.37. The molecule has 0 saturated carbocycles. The van der Waals surface area contributed by atoms with Crippen molar-refractivity contribution in [1.29, 1.82) is 0 Å². The highest BCUT2D eigenvalue weighted by molar-refractivity contribution is 8.13. The summed E-state index contributed by atoms with van der Waals surface area (Å²) in [4.78, 5) is 11.7. The molecule has 0 radical (unpaired) electrons. The maximum absolute atomic E-state index is 13.7. The van der Waals surface area contributed by atoms with Crippen LogP contribution in [0.25, 0.3) is 0 Å². The zero-order chi connectivity index (χ0) is 16.4. The van der Waals surface area contributed by atoms with E-state index in [9.17, 15) is 17.6 Å². The van der Waals surface area contributed by atoms with Crippen LogP contribution in [0, 0.1) is 17.2 Å². The molecule has 0 aromatic heterocycles. The van der Waals surface area contributed by atoms with Crippen molar-refractivity contribution in [2.45, 2.75) is 32.6 Å². The largest absolute Gasteiger partial charge is 0.351 e. The molecule has 7 heteroatoms. The minimum atomic E-state index is -4.01. The van der Waals surface area contributed by atoms with Crippen molar-refractivity contribution in [2.75, 3.05) is 6.54 Å². The van der Waals surface area contributed by atoms with Gasteiger partial charge in [-0.05, 0) is 29.5 Å². The van der Waals surface area contributed by atoms with E-state index in [2.05, 4.69) is 5.32 Å². The Morgan fingerprint density at radius 3 is 2.43 bits per heavy atom. The van der Waals surface area contributed by atoms with Crippen molar-refractivity contribution >= 4 is 25.6 Å². The molecule has 0 aliphatic rings. The third-order valence-electron chi connectivity index (χ3n) is 3.73. The van der Waals surface area contributed by atoms with E-state index in [1.807, 2.05) is 27.7 Å². The summed E-state index contributed by atoms with van der Waals surface area (Å²) in [6, 6.07) is 2.87. The summed E-state index contributed by atoms with van der Waals surface area (Å²) in [5, 5.41) is 2.62. The van der Waals surface area contributed by atoms with Gasteiger partial charge >= 0.3 is 0 Å². The molecule has 0 aliphatic heterocycles. The van der Waals surface area contributed by atoms with E-state index < -0.39 is 20.8 Å². The van der Waals surface area contributed by atoms with Gasteiger partial charge in [-0.3, -0.25) is 4.79 Å². The lowest BCUT2D eigenvalue weighted by Gasteiger charge is -2.29. The second-order valence-electron chi connectivity index (χ2n) is 5.91. The summed E-state index contributed by atoms with van der Waals surface area (Å²) in [5.41, 5.74) is -0.501. The second-order valence-corrected chi connectivity index (χ2v) is 8.47. The average molecular weight is 336 g/mol. The zero-order valence-electron chi connectivity index (χ0n) is 12.4. The molecule has 0 aliphatic carbocycles. The fourth-order valence-electron chi connectivity index (χ4n) is 1.44. The van der Waals surface area contributed by atoms with Crippen molar-refractivity contribution in [3.63, 3.8) is 0 Å². The lowest BCUT2D eigenvalue weighted by molar-refractivity contribution is 0.0920. The Morgan fingerprint density at radius 2 is 1.95 bits per heavy atom. The number of hydrogen-bond acceptors (Lipinski definition) is 3. The van der Waals surface area contributed by atoms with E-state index in [0.717, 1.165) is 18.2 Å². The number of halogens is 2. The van der Waals surface area contributed by atoms with Crippen LogP contribution in [0.3, 0.4) is 0 Å². The van der Waals surface area contributed by atoms with E-state index >= 15 is 0 Å². The van der Waals surface area contributed by atoms with Crippen LogP contribution in [0.1, 0.15) is 38.1 Å². The highest BCUT2D eigenvalue weighted by Gasteiger charge is 2.24. The molecule has 0 bridgehead atoms. The van der Waals surface area contributed by atoms with E-state index in [0.29, 0.717) is 12.5 Å². The van der Waals surface area contributed by atoms with Gasteiger partial charge in [0.05, 0.1) is 10.5 Å². The molecule has 0 heterocycles. The van der Waals surface area contributed by atoms with Crippen molar-refractivity contribution in [3.8, 4) is 0 Å². The Labute approximate surface area is 129 Å². The van der Waals surface area contributed by atoms with Crippen LogP contribution in [-0.2, 0) is 9.05 Å². The maximum Gasteiger partial charge on any atom is 0.261 e. The molecule has 0 fully saturated rings. The number of nitrogens with one attached hydrogen (secondary N) is 1. The topological polar surface area (TPSA) is 63.2 Å². The van der Waals surface area contributed by atoms with Gasteiger partial charge in [-0.1, -0.05) is 27.7 Å². The summed E-state index contributed by atoms with van der Waals surface area (Å²) in [7, 11) is 1.19. The molecule has 21 heavy (non-hydrogen) atoms. The monoisotopic (exact) mass is 335 g/mol. The summed E-state index contributed by atoms with van der Waals surface area (Å²) in [6.45, 7) is 8.35. The number of carbonyl (C=O) groups is 1. The number of hydrogen-bond donors (Lipinski definition) is 1. The molecular weight excluding hydrogens is 317 g/mol. The summed E-state index contributed by atoms with van der Waals surface area (Å²) >= 11 is 0. The van der Waals surface area contributed by atoms with Gasteiger partial charge < -0.3 is 5.32 Å². The van der Waals surface area contributed by atoms with Gasteiger partial charge in [-0.25, -0.2) is 12.8 Å². The molecule has 0 spiro atoms. The molecule has 1 N–H and O–H groups in total. The smallest absolute Gasteiger partial charge is 0.261 e. The van der Waals surface area contributed by atoms with Crippen molar-refractivity contribution in [2.24, 2.45) is 11.3 Å². The van der Waals surface area contributed by atoms with Crippen LogP contribution in [-0.4, -0.2) is 20.9 Å². The standard InChI is InChI=1S/C14H19ClFNO3S/c1-9(2)14(3,4)8-17-13(18)11-7-10(21(15,19)20)5-6-12(11)16/h5-7,9H,8H2,1-4H3,(H,17,18). The summed E-state index contributed by atoms with van der Waals surface area (Å²) in [5.74, 6) is -1.14. The molecule has 0 unspecified atom stereocenters. The van der Waals surface area contributed by atoms with E-state index in [4.69, 9.17) is 10.7 Å². The third kappa shape index (κ3) is 4.68. The van der Waals surface area contributed by atoms with E-state index in [-0.39, 0.29) is 15.9 Å². The van der Waals surface area contributed by atoms with E-state index in [1.165, 1.54) is 0 Å². The maximum atomic E-state index is 13.7. The van der Waals surface area contributed by atoms with Crippen LogP contribution in [0.2, 0.25) is 0 Å². The molecule has 4 nitrogen and oxygen atoms in total. The quantitative estimate of drug-likeness (QED) is 0.841. The molecule has 1 aromatic rings. The van der Waals surface area contributed by atoms with Crippen LogP contribution >= 0.6 is 10.7 Å². The van der Waals surface area contributed by atoms with Crippen molar-refractivity contribution in [3.05, 3.63) is 29.6 Å². The first-order valence-electron chi connectivity index (χ1n) is 6.47. The minimum absolute atomic E-state index is 0.164.